The van der Waals surface area contributed by atoms with E-state index in [1.165, 1.54) is 17.7 Å². The lowest BCUT2D eigenvalue weighted by molar-refractivity contribution is -0.920. The van der Waals surface area contributed by atoms with Gasteiger partial charge in [-0.2, -0.15) is 0 Å². The van der Waals surface area contributed by atoms with E-state index in [2.05, 4.69) is 29.8 Å². The van der Waals surface area contributed by atoms with E-state index >= 15 is 0 Å². The van der Waals surface area contributed by atoms with Crippen LogP contribution in [0, 0.1) is 0 Å². The molecular formula is C19H23Cl2N2O2S+. The zero-order valence-corrected chi connectivity index (χ0v) is 17.0. The average molecular weight is 414 g/mol. The number of ether oxygens (including phenoxy) is 1. The fraction of sp³-hybridized carbons (Fsp3) is 0.421. The summed E-state index contributed by atoms with van der Waals surface area (Å²) in [5.74, 6) is 0.308. The molecule has 0 saturated carbocycles. The van der Waals surface area contributed by atoms with Crippen LogP contribution in [0.3, 0.4) is 0 Å². The lowest BCUT2D eigenvalue weighted by Crippen LogP contribution is -3.11. The standard InChI is InChI=1S/C19H22Cl2N2O2S/c1-13(19(17-5-4-10-26-17)23-8-2-3-9-23)22-18(24)12-25-16-7-6-14(20)11-15(16)21/h4-7,10-11,13,19H,2-3,8-9,12H2,1H3,(H,22,24)/p+1/t13-,19+/m1/s1. The summed E-state index contributed by atoms with van der Waals surface area (Å²) in [6, 6.07) is 9.49. The average Bonchev–Trinajstić information content (AvgIpc) is 3.28. The van der Waals surface area contributed by atoms with Gasteiger partial charge in [-0.1, -0.05) is 29.3 Å². The molecule has 0 spiro atoms. The third-order valence-electron chi connectivity index (χ3n) is 4.68. The summed E-state index contributed by atoms with van der Waals surface area (Å²) in [6.07, 6.45) is 2.49. The van der Waals surface area contributed by atoms with Crippen molar-refractivity contribution in [3.8, 4) is 5.75 Å². The van der Waals surface area contributed by atoms with Crippen LogP contribution in [0.25, 0.3) is 0 Å². The van der Waals surface area contributed by atoms with Crippen LogP contribution in [0.2, 0.25) is 10.0 Å². The smallest absolute Gasteiger partial charge is 0.258 e. The number of amides is 1. The SMILES string of the molecule is C[C@@H](NC(=O)COc1ccc(Cl)cc1Cl)[C@@H](c1cccs1)[NH+]1CCCC1. The Morgan fingerprint density at radius 1 is 1.31 bits per heavy atom. The molecule has 140 valence electrons. The van der Waals surface area contributed by atoms with Gasteiger partial charge in [-0.25, -0.2) is 0 Å². The molecule has 1 aromatic carbocycles. The van der Waals surface area contributed by atoms with Crippen LogP contribution in [-0.2, 0) is 4.79 Å². The molecule has 0 bridgehead atoms. The first-order valence-electron chi connectivity index (χ1n) is 8.80. The summed E-state index contributed by atoms with van der Waals surface area (Å²) in [5.41, 5.74) is 0. The Bertz CT molecular complexity index is 733. The minimum Gasteiger partial charge on any atom is -0.482 e. The Hall–Kier alpha value is -1.27. The topological polar surface area (TPSA) is 42.8 Å². The van der Waals surface area contributed by atoms with Gasteiger partial charge in [0.1, 0.15) is 11.8 Å². The summed E-state index contributed by atoms with van der Waals surface area (Å²) >= 11 is 13.7. The number of nitrogens with one attached hydrogen (secondary N) is 2. The van der Waals surface area contributed by atoms with E-state index in [4.69, 9.17) is 27.9 Å². The Balaban J connectivity index is 1.59. The maximum absolute atomic E-state index is 12.4. The van der Waals surface area contributed by atoms with Crippen molar-refractivity contribution >= 4 is 40.4 Å². The second-order valence-electron chi connectivity index (χ2n) is 6.58. The highest BCUT2D eigenvalue weighted by Crippen LogP contribution is 2.27. The molecule has 2 N–H and O–H groups in total. The van der Waals surface area contributed by atoms with Gasteiger partial charge in [0.25, 0.3) is 5.91 Å². The summed E-state index contributed by atoms with van der Waals surface area (Å²) < 4.78 is 5.54. The number of hydrogen-bond donors (Lipinski definition) is 2. The van der Waals surface area contributed by atoms with Gasteiger partial charge in [-0.05, 0) is 36.6 Å². The first-order valence-corrected chi connectivity index (χ1v) is 10.4. The van der Waals surface area contributed by atoms with Crippen molar-refractivity contribution < 1.29 is 14.4 Å². The van der Waals surface area contributed by atoms with Crippen LogP contribution in [0.1, 0.15) is 30.7 Å². The number of quaternary nitrogens is 1. The van der Waals surface area contributed by atoms with Crippen LogP contribution < -0.4 is 15.0 Å². The molecule has 2 aromatic rings. The van der Waals surface area contributed by atoms with Gasteiger partial charge in [0.2, 0.25) is 0 Å². The second-order valence-corrected chi connectivity index (χ2v) is 8.40. The van der Waals surface area contributed by atoms with Crippen molar-refractivity contribution in [2.75, 3.05) is 19.7 Å². The molecule has 1 aliphatic heterocycles. The van der Waals surface area contributed by atoms with Gasteiger partial charge in [0.15, 0.2) is 6.61 Å². The molecule has 1 aromatic heterocycles. The molecule has 0 radical (unpaired) electrons. The molecule has 0 aliphatic carbocycles. The van der Waals surface area contributed by atoms with E-state index in [1.54, 1.807) is 34.4 Å². The van der Waals surface area contributed by atoms with Gasteiger partial charge in [-0.3, -0.25) is 4.79 Å². The number of likely N-dealkylation sites (tertiary alicyclic amines) is 1. The minimum atomic E-state index is -0.149. The zero-order chi connectivity index (χ0) is 18.5. The summed E-state index contributed by atoms with van der Waals surface area (Å²) in [7, 11) is 0. The summed E-state index contributed by atoms with van der Waals surface area (Å²) in [6.45, 7) is 4.31. The Labute approximate surface area is 168 Å². The molecule has 3 rings (SSSR count). The third-order valence-corrected chi connectivity index (χ3v) is 6.16. The van der Waals surface area contributed by atoms with Crippen molar-refractivity contribution in [3.05, 3.63) is 50.6 Å². The number of thiophene rings is 1. The third kappa shape index (κ3) is 4.92. The fourth-order valence-corrected chi connectivity index (χ4v) is 4.98. The molecule has 26 heavy (non-hydrogen) atoms. The summed E-state index contributed by atoms with van der Waals surface area (Å²) in [5, 5.41) is 6.13. The first-order chi connectivity index (χ1) is 12.5. The van der Waals surface area contributed by atoms with Crippen LogP contribution in [0.15, 0.2) is 35.7 Å². The van der Waals surface area contributed by atoms with E-state index in [-0.39, 0.29) is 24.6 Å². The Morgan fingerprint density at radius 2 is 2.08 bits per heavy atom. The number of carbonyl (C=O) groups excluding carboxylic acids is 1. The molecule has 2 atom stereocenters. The maximum atomic E-state index is 12.4. The van der Waals surface area contributed by atoms with Crippen LogP contribution in [0.5, 0.6) is 5.75 Å². The van der Waals surface area contributed by atoms with Gasteiger partial charge < -0.3 is 15.0 Å². The van der Waals surface area contributed by atoms with Crippen LogP contribution >= 0.6 is 34.5 Å². The molecule has 2 heterocycles. The predicted molar refractivity (Wildman–Crippen MR) is 107 cm³/mol. The molecule has 1 amide bonds. The summed E-state index contributed by atoms with van der Waals surface area (Å²) in [4.78, 5) is 15.2. The normalized spacial score (nSPS) is 17.0. The van der Waals surface area contributed by atoms with Crippen LogP contribution in [-0.4, -0.2) is 31.6 Å². The molecule has 4 nitrogen and oxygen atoms in total. The van der Waals surface area contributed by atoms with Crippen molar-refractivity contribution in [2.24, 2.45) is 0 Å². The Kier molecular flexibility index (Phi) is 6.81. The van der Waals surface area contributed by atoms with Gasteiger partial charge in [0, 0.05) is 17.9 Å². The molecule has 7 heteroatoms. The highest BCUT2D eigenvalue weighted by atomic mass is 35.5. The van der Waals surface area contributed by atoms with Crippen molar-refractivity contribution in [1.82, 2.24) is 5.32 Å². The van der Waals surface area contributed by atoms with Gasteiger partial charge in [-0.15, -0.1) is 11.3 Å². The fourth-order valence-electron chi connectivity index (χ4n) is 3.52. The van der Waals surface area contributed by atoms with E-state index in [0.29, 0.717) is 15.8 Å². The lowest BCUT2D eigenvalue weighted by Gasteiger charge is -2.29. The minimum absolute atomic E-state index is 0.0264. The highest BCUT2D eigenvalue weighted by Gasteiger charge is 2.33. The quantitative estimate of drug-likeness (QED) is 0.730. The van der Waals surface area contributed by atoms with Gasteiger partial charge >= 0.3 is 0 Å². The number of hydrogen-bond acceptors (Lipinski definition) is 3. The van der Waals surface area contributed by atoms with Crippen molar-refractivity contribution in [2.45, 2.75) is 31.8 Å². The number of benzene rings is 1. The molecular weight excluding hydrogens is 391 g/mol. The van der Waals surface area contributed by atoms with Crippen LogP contribution in [0.4, 0.5) is 0 Å². The molecule has 0 unspecified atom stereocenters. The second kappa shape index (κ2) is 9.09. The zero-order valence-electron chi connectivity index (χ0n) is 14.6. The first kappa shape index (κ1) is 19.5. The molecule has 1 fully saturated rings. The largest absolute Gasteiger partial charge is 0.482 e. The Morgan fingerprint density at radius 3 is 2.73 bits per heavy atom. The van der Waals surface area contributed by atoms with Crippen molar-refractivity contribution in [3.63, 3.8) is 0 Å². The monoisotopic (exact) mass is 413 g/mol. The number of carbonyl (C=O) groups is 1. The van der Waals surface area contributed by atoms with E-state index in [0.717, 1.165) is 13.1 Å². The predicted octanol–water partition coefficient (Wildman–Crippen LogP) is 3.36. The van der Waals surface area contributed by atoms with Crippen molar-refractivity contribution in [1.29, 1.82) is 0 Å². The number of halogens is 2. The van der Waals surface area contributed by atoms with Gasteiger partial charge in [0.05, 0.1) is 29.0 Å². The lowest BCUT2D eigenvalue weighted by atomic mass is 10.1. The maximum Gasteiger partial charge on any atom is 0.258 e. The van der Waals surface area contributed by atoms with E-state index < -0.39 is 0 Å². The van der Waals surface area contributed by atoms with E-state index in [9.17, 15) is 4.79 Å². The number of rotatable bonds is 7. The molecule has 1 aliphatic rings. The highest BCUT2D eigenvalue weighted by molar-refractivity contribution is 7.10. The van der Waals surface area contributed by atoms with E-state index in [1.807, 2.05) is 0 Å². The molecule has 1 saturated heterocycles.